The maximum absolute atomic E-state index is 12.9. The zero-order valence-electron chi connectivity index (χ0n) is 19.2. The predicted octanol–water partition coefficient (Wildman–Crippen LogP) is 3.94. The minimum absolute atomic E-state index is 0.272. The minimum Gasteiger partial charge on any atom is -0.496 e. The Labute approximate surface area is 193 Å². The summed E-state index contributed by atoms with van der Waals surface area (Å²) in [5, 5.41) is 0.985. The molecule has 5 nitrogen and oxygen atoms in total. The Morgan fingerprint density at radius 1 is 1.00 bits per heavy atom. The molecule has 4 aromatic rings. The van der Waals surface area contributed by atoms with Crippen LogP contribution in [-0.4, -0.2) is 13.8 Å². The first-order valence-electron chi connectivity index (χ1n) is 11.3. The molecule has 1 unspecified atom stereocenters. The lowest BCUT2D eigenvalue weighted by atomic mass is 9.96. The third kappa shape index (κ3) is 4.00. The number of ether oxygens (including phenoxy) is 2. The van der Waals surface area contributed by atoms with E-state index in [1.807, 2.05) is 62.4 Å². The third-order valence-corrected chi connectivity index (χ3v) is 6.55. The summed E-state index contributed by atoms with van der Waals surface area (Å²) in [5.74, 6) is 1.73. The molecule has 168 valence electrons. The zero-order valence-corrected chi connectivity index (χ0v) is 19.2. The molecule has 1 aromatic heterocycles. The Morgan fingerprint density at radius 2 is 1.76 bits per heavy atom. The van der Waals surface area contributed by atoms with Crippen molar-refractivity contribution in [2.24, 2.45) is 0 Å². The molecule has 1 N–H and O–H groups in total. The molecule has 0 amide bonds. The van der Waals surface area contributed by atoms with Crippen molar-refractivity contribution in [3.05, 3.63) is 104 Å². The maximum atomic E-state index is 12.9. The number of methoxy groups -OCH3 is 1. The van der Waals surface area contributed by atoms with Gasteiger partial charge in [-0.05, 0) is 43.2 Å². The smallest absolute Gasteiger partial charge is 0.340 e. The lowest BCUT2D eigenvalue weighted by Gasteiger charge is -2.28. The minimum atomic E-state index is -0.272. The number of fused-ring (bicyclic) bond motifs is 2. The number of para-hydroxylation sites is 1. The van der Waals surface area contributed by atoms with Crippen molar-refractivity contribution in [3.63, 3.8) is 0 Å². The van der Waals surface area contributed by atoms with Crippen molar-refractivity contribution in [1.82, 2.24) is 0 Å². The molecule has 0 saturated carbocycles. The van der Waals surface area contributed by atoms with Crippen molar-refractivity contribution < 1.29 is 18.8 Å². The maximum Gasteiger partial charge on any atom is 0.340 e. The first-order chi connectivity index (χ1) is 16.0. The number of hydrogen-bond acceptors (Lipinski definition) is 4. The quantitative estimate of drug-likeness (QED) is 0.476. The van der Waals surface area contributed by atoms with Crippen molar-refractivity contribution >= 4 is 11.0 Å². The monoisotopic (exact) mass is 442 g/mol. The highest BCUT2D eigenvalue weighted by atomic mass is 16.5. The molecule has 33 heavy (non-hydrogen) atoms. The first-order valence-corrected chi connectivity index (χ1v) is 11.3. The van der Waals surface area contributed by atoms with Crippen LogP contribution in [0.2, 0.25) is 0 Å². The van der Waals surface area contributed by atoms with Crippen LogP contribution in [0.1, 0.15) is 33.4 Å². The van der Waals surface area contributed by atoms with Crippen LogP contribution >= 0.6 is 0 Å². The number of nitrogens with one attached hydrogen (secondary N) is 1. The molecule has 0 radical (unpaired) electrons. The number of aryl methyl sites for hydroxylation is 2. The lowest BCUT2D eigenvalue weighted by Crippen LogP contribution is -3.10. The Hall–Kier alpha value is -3.57. The van der Waals surface area contributed by atoms with E-state index in [0.717, 1.165) is 57.8 Å². The number of benzene rings is 3. The SMILES string of the molecule is COc1ccccc1C[NH+]1COc2c(cc3c(C)c(Cc4ccccc4)c(=O)oc3c2C)C1. The molecule has 2 heterocycles. The Balaban J connectivity index is 1.52. The number of rotatable bonds is 5. The summed E-state index contributed by atoms with van der Waals surface area (Å²) in [6.07, 6.45) is 0.558. The van der Waals surface area contributed by atoms with Gasteiger partial charge in [-0.2, -0.15) is 0 Å². The molecule has 0 spiro atoms. The van der Waals surface area contributed by atoms with Crippen molar-refractivity contribution in [2.75, 3.05) is 13.8 Å². The van der Waals surface area contributed by atoms with E-state index in [2.05, 4.69) is 12.1 Å². The van der Waals surface area contributed by atoms with Crippen molar-refractivity contribution in [3.8, 4) is 11.5 Å². The van der Waals surface area contributed by atoms with Gasteiger partial charge in [0, 0.05) is 34.1 Å². The molecule has 5 heteroatoms. The Bertz CT molecular complexity index is 1370. The standard InChI is InChI=1S/C28H27NO4/c1-18-23-14-22-16-29(15-21-11-7-8-12-25(21)31-3)17-32-26(22)19(2)27(23)33-28(30)24(18)13-20-9-5-4-6-10-20/h4-12,14H,13,15-17H2,1-3H3/p+1. The molecule has 3 aromatic carbocycles. The Morgan fingerprint density at radius 3 is 2.55 bits per heavy atom. The highest BCUT2D eigenvalue weighted by molar-refractivity contribution is 5.87. The van der Waals surface area contributed by atoms with Gasteiger partial charge in [0.25, 0.3) is 0 Å². The van der Waals surface area contributed by atoms with Gasteiger partial charge in [-0.1, -0.05) is 42.5 Å². The van der Waals surface area contributed by atoms with E-state index in [1.165, 1.54) is 4.90 Å². The largest absolute Gasteiger partial charge is 0.496 e. The van der Waals surface area contributed by atoms with Crippen molar-refractivity contribution in [2.45, 2.75) is 33.4 Å². The molecular weight excluding hydrogens is 414 g/mol. The molecule has 1 atom stereocenters. The third-order valence-electron chi connectivity index (χ3n) is 6.55. The van der Waals surface area contributed by atoms with Gasteiger partial charge in [-0.3, -0.25) is 4.90 Å². The number of hydrogen-bond donors (Lipinski definition) is 1. The van der Waals surface area contributed by atoms with Crippen LogP contribution in [0.25, 0.3) is 11.0 Å². The van der Waals surface area contributed by atoms with Crippen LogP contribution in [0.15, 0.2) is 69.9 Å². The fourth-order valence-electron chi connectivity index (χ4n) is 4.79. The van der Waals surface area contributed by atoms with Crippen LogP contribution in [0, 0.1) is 13.8 Å². The average molecular weight is 443 g/mol. The van der Waals surface area contributed by atoms with Gasteiger partial charge in [0.1, 0.15) is 30.2 Å². The topological polar surface area (TPSA) is 53.1 Å². The van der Waals surface area contributed by atoms with Crippen LogP contribution in [0.4, 0.5) is 0 Å². The summed E-state index contributed by atoms with van der Waals surface area (Å²) < 4.78 is 17.5. The first kappa shape index (κ1) is 21.3. The highest BCUT2D eigenvalue weighted by Crippen LogP contribution is 2.34. The summed E-state index contributed by atoms with van der Waals surface area (Å²) >= 11 is 0. The Kier molecular flexibility index (Phi) is 5.65. The molecule has 0 fully saturated rings. The summed E-state index contributed by atoms with van der Waals surface area (Å²) in [6, 6.07) is 20.3. The zero-order chi connectivity index (χ0) is 22.9. The second-order valence-electron chi connectivity index (χ2n) is 8.73. The van der Waals surface area contributed by atoms with Gasteiger partial charge in [0.15, 0.2) is 0 Å². The van der Waals surface area contributed by atoms with Gasteiger partial charge in [-0.25, -0.2) is 4.79 Å². The van der Waals surface area contributed by atoms with Crippen LogP contribution < -0.4 is 20.0 Å². The lowest BCUT2D eigenvalue weighted by molar-refractivity contribution is -0.945. The van der Waals surface area contributed by atoms with E-state index >= 15 is 0 Å². The van der Waals surface area contributed by atoms with E-state index in [-0.39, 0.29) is 5.63 Å². The van der Waals surface area contributed by atoms with E-state index < -0.39 is 0 Å². The van der Waals surface area contributed by atoms with Gasteiger partial charge < -0.3 is 13.9 Å². The second-order valence-corrected chi connectivity index (χ2v) is 8.73. The van der Waals surface area contributed by atoms with E-state index in [9.17, 15) is 4.79 Å². The summed E-state index contributed by atoms with van der Waals surface area (Å²) in [5.41, 5.74) is 6.33. The van der Waals surface area contributed by atoms with E-state index in [0.29, 0.717) is 24.3 Å². The highest BCUT2D eigenvalue weighted by Gasteiger charge is 2.26. The molecule has 5 rings (SSSR count). The van der Waals surface area contributed by atoms with Crippen LogP contribution in [-0.2, 0) is 19.5 Å². The second kappa shape index (κ2) is 8.75. The van der Waals surface area contributed by atoms with E-state index in [1.54, 1.807) is 7.11 Å². The summed E-state index contributed by atoms with van der Waals surface area (Å²) in [4.78, 5) is 14.2. The average Bonchev–Trinajstić information content (AvgIpc) is 2.84. The molecule has 1 aliphatic heterocycles. The summed E-state index contributed by atoms with van der Waals surface area (Å²) in [6.45, 7) is 6.18. The predicted molar refractivity (Wildman–Crippen MR) is 128 cm³/mol. The fourth-order valence-corrected chi connectivity index (χ4v) is 4.79. The molecule has 0 saturated heterocycles. The van der Waals surface area contributed by atoms with Gasteiger partial charge in [0.2, 0.25) is 6.73 Å². The molecule has 1 aliphatic rings. The van der Waals surface area contributed by atoms with Gasteiger partial charge in [-0.15, -0.1) is 0 Å². The fraction of sp³-hybridized carbons (Fsp3) is 0.250. The molecule has 0 aliphatic carbocycles. The van der Waals surface area contributed by atoms with Crippen molar-refractivity contribution in [1.29, 1.82) is 0 Å². The van der Waals surface area contributed by atoms with Gasteiger partial charge in [0.05, 0.1) is 7.11 Å². The molecular formula is C28H28NO4+. The van der Waals surface area contributed by atoms with Crippen LogP contribution in [0.5, 0.6) is 11.5 Å². The molecule has 0 bridgehead atoms. The van der Waals surface area contributed by atoms with E-state index in [4.69, 9.17) is 13.9 Å². The number of quaternary nitrogens is 1. The van der Waals surface area contributed by atoms with Gasteiger partial charge >= 0.3 is 5.63 Å². The summed E-state index contributed by atoms with van der Waals surface area (Å²) in [7, 11) is 1.70. The van der Waals surface area contributed by atoms with Crippen LogP contribution in [0.3, 0.4) is 0 Å². The normalized spacial score (nSPS) is 15.2.